The van der Waals surface area contributed by atoms with E-state index >= 15 is 0 Å². The summed E-state index contributed by atoms with van der Waals surface area (Å²) < 4.78 is 32.2. The Morgan fingerprint density at radius 1 is 0.872 bits per heavy atom. The molecule has 12 heteroatoms. The molecule has 238 valence electrons. The molecule has 2 N–H and O–H groups in total. The van der Waals surface area contributed by atoms with Gasteiger partial charge in [0.25, 0.3) is 5.56 Å². The van der Waals surface area contributed by atoms with E-state index in [9.17, 15) is 23.2 Å². The molecule has 0 radical (unpaired) electrons. The molecule has 0 atom stereocenters. The van der Waals surface area contributed by atoms with E-state index < -0.39 is 29.4 Å². The molecule has 0 saturated heterocycles. The number of anilines is 1. The van der Waals surface area contributed by atoms with Crippen molar-refractivity contribution >= 4 is 33.3 Å². The van der Waals surface area contributed by atoms with Crippen LogP contribution in [-0.2, 0) is 19.6 Å². The first-order chi connectivity index (χ1) is 22.7. The second kappa shape index (κ2) is 13.5. The average molecular weight is 653 g/mol. The van der Waals surface area contributed by atoms with Gasteiger partial charge in [0.2, 0.25) is 0 Å². The molecule has 6 aromatic rings. The third-order valence-corrected chi connectivity index (χ3v) is 8.99. The maximum absolute atomic E-state index is 15.0. The van der Waals surface area contributed by atoms with Crippen molar-refractivity contribution in [1.82, 2.24) is 24.3 Å². The number of pyridine rings is 1. The molecule has 0 fully saturated rings. The highest BCUT2D eigenvalue weighted by Crippen LogP contribution is 2.38. The quantitative estimate of drug-likeness (QED) is 0.200. The van der Waals surface area contributed by atoms with Crippen LogP contribution in [-0.4, -0.2) is 39.1 Å². The molecule has 0 unspecified atom stereocenters. The molecule has 2 amide bonds. The molecule has 0 bridgehead atoms. The van der Waals surface area contributed by atoms with Crippen molar-refractivity contribution in [3.8, 4) is 16.3 Å². The van der Waals surface area contributed by atoms with Crippen molar-refractivity contribution in [1.29, 1.82) is 0 Å². The number of carbonyl (C=O) groups excluding carboxylic acids is 1. The summed E-state index contributed by atoms with van der Waals surface area (Å²) in [5.74, 6) is -1.52. The van der Waals surface area contributed by atoms with Crippen LogP contribution in [0.2, 0.25) is 0 Å². The topological polar surface area (TPSA) is 101 Å². The SMILES string of the molecule is CNC(=O)Nc1ccc(-c2sc3c(c2CN(C)Cc2ccccc2)c(=O)n(-c2ccccn2)c(=O)n3Cc2c(F)cccc2F)cc1. The summed E-state index contributed by atoms with van der Waals surface area (Å²) in [5, 5.41) is 5.49. The lowest BCUT2D eigenvalue weighted by Crippen LogP contribution is -2.39. The van der Waals surface area contributed by atoms with Crippen LogP contribution in [0.15, 0.2) is 107 Å². The molecule has 0 saturated carbocycles. The monoisotopic (exact) mass is 652 g/mol. The molecule has 47 heavy (non-hydrogen) atoms. The van der Waals surface area contributed by atoms with Gasteiger partial charge in [0.05, 0.1) is 11.9 Å². The molecule has 0 aliphatic rings. The Hall–Kier alpha value is -5.46. The largest absolute Gasteiger partial charge is 0.341 e. The first-order valence-electron chi connectivity index (χ1n) is 14.7. The molecular weight excluding hydrogens is 622 g/mol. The number of rotatable bonds is 9. The Morgan fingerprint density at radius 3 is 2.23 bits per heavy atom. The molecule has 3 aromatic heterocycles. The number of thiophene rings is 1. The zero-order valence-electron chi connectivity index (χ0n) is 25.5. The van der Waals surface area contributed by atoms with Gasteiger partial charge in [0, 0.05) is 42.5 Å². The van der Waals surface area contributed by atoms with Gasteiger partial charge < -0.3 is 10.6 Å². The maximum Gasteiger partial charge on any atom is 0.338 e. The molecule has 0 spiro atoms. The first kappa shape index (κ1) is 31.5. The van der Waals surface area contributed by atoms with Crippen LogP contribution in [0.25, 0.3) is 26.5 Å². The van der Waals surface area contributed by atoms with Crippen molar-refractivity contribution in [3.05, 3.63) is 146 Å². The maximum atomic E-state index is 15.0. The van der Waals surface area contributed by atoms with Crippen molar-refractivity contribution in [2.24, 2.45) is 0 Å². The zero-order chi connectivity index (χ0) is 33.1. The number of amides is 2. The third-order valence-electron chi connectivity index (χ3n) is 7.68. The number of aromatic nitrogens is 3. The number of nitrogens with one attached hydrogen (secondary N) is 2. The van der Waals surface area contributed by atoms with Gasteiger partial charge in [-0.25, -0.2) is 27.9 Å². The fourth-order valence-electron chi connectivity index (χ4n) is 5.44. The number of hydrogen-bond donors (Lipinski definition) is 2. The molecule has 0 aliphatic carbocycles. The van der Waals surface area contributed by atoms with Crippen LogP contribution >= 0.6 is 11.3 Å². The molecule has 3 heterocycles. The Bertz CT molecular complexity index is 2160. The van der Waals surface area contributed by atoms with E-state index in [4.69, 9.17) is 0 Å². The van der Waals surface area contributed by atoms with Gasteiger partial charge in [-0.15, -0.1) is 11.3 Å². The van der Waals surface area contributed by atoms with Crippen molar-refractivity contribution in [3.63, 3.8) is 0 Å². The van der Waals surface area contributed by atoms with E-state index in [1.165, 1.54) is 41.3 Å². The highest BCUT2D eigenvalue weighted by molar-refractivity contribution is 7.22. The van der Waals surface area contributed by atoms with E-state index in [0.29, 0.717) is 29.2 Å². The van der Waals surface area contributed by atoms with Gasteiger partial charge in [0.15, 0.2) is 0 Å². The summed E-state index contributed by atoms with van der Waals surface area (Å²) in [6.07, 6.45) is 1.47. The molecule has 3 aromatic carbocycles. The predicted molar refractivity (Wildman–Crippen MR) is 180 cm³/mol. The highest BCUT2D eigenvalue weighted by atomic mass is 32.1. The minimum Gasteiger partial charge on any atom is -0.341 e. The Balaban J connectivity index is 1.61. The lowest BCUT2D eigenvalue weighted by atomic mass is 10.1. The normalized spacial score (nSPS) is 11.3. The number of nitrogens with zero attached hydrogens (tertiary/aromatic N) is 4. The van der Waals surface area contributed by atoms with Gasteiger partial charge in [-0.3, -0.25) is 14.3 Å². The van der Waals surface area contributed by atoms with Gasteiger partial charge in [-0.2, -0.15) is 0 Å². The average Bonchev–Trinajstić information content (AvgIpc) is 3.44. The van der Waals surface area contributed by atoms with E-state index in [1.807, 2.05) is 49.5 Å². The lowest BCUT2D eigenvalue weighted by Gasteiger charge is -2.18. The molecule has 6 rings (SSSR count). The number of fused-ring (bicyclic) bond motifs is 1. The standard InChI is InChI=1S/C35H30F2N6O3S/c1-38-34(45)40-24-16-14-23(15-17-24)31-26(20-41(2)19-22-9-4-3-5-10-22)30-32(44)43(29-13-6-7-18-39-29)35(46)42(33(30)47-31)21-25-27(36)11-8-12-28(25)37/h3-18H,19-21H2,1-2H3,(H2,38,40,45). The van der Waals surface area contributed by atoms with Crippen molar-refractivity contribution < 1.29 is 13.6 Å². The molecular formula is C35H30F2N6O3S. The van der Waals surface area contributed by atoms with Gasteiger partial charge in [-0.1, -0.05) is 54.6 Å². The summed E-state index contributed by atoms with van der Waals surface area (Å²) in [6, 6.07) is 25.0. The van der Waals surface area contributed by atoms with Gasteiger partial charge >= 0.3 is 11.7 Å². The number of halogens is 2. The van der Waals surface area contributed by atoms with Crippen LogP contribution in [0.1, 0.15) is 16.7 Å². The Labute approximate surface area is 272 Å². The minimum atomic E-state index is -0.806. The predicted octanol–water partition coefficient (Wildman–Crippen LogP) is 5.99. The number of urea groups is 1. The number of hydrogen-bond acceptors (Lipinski definition) is 6. The van der Waals surface area contributed by atoms with E-state index in [-0.39, 0.29) is 27.6 Å². The van der Waals surface area contributed by atoms with Gasteiger partial charge in [-0.05, 0) is 60.1 Å². The number of benzene rings is 3. The van der Waals surface area contributed by atoms with Crippen LogP contribution < -0.4 is 21.9 Å². The fourth-order valence-corrected chi connectivity index (χ4v) is 6.74. The summed E-state index contributed by atoms with van der Waals surface area (Å²) in [7, 11) is 3.45. The van der Waals surface area contributed by atoms with Crippen LogP contribution in [0, 0.1) is 11.6 Å². The Kier molecular flexibility index (Phi) is 9.05. The minimum absolute atomic E-state index is 0.0909. The summed E-state index contributed by atoms with van der Waals surface area (Å²) in [5.41, 5.74) is 1.34. The van der Waals surface area contributed by atoms with Gasteiger partial charge in [0.1, 0.15) is 22.3 Å². The molecule has 9 nitrogen and oxygen atoms in total. The fraction of sp³-hybridized carbons (Fsp3) is 0.143. The van der Waals surface area contributed by atoms with E-state index in [1.54, 1.807) is 24.3 Å². The van der Waals surface area contributed by atoms with Crippen molar-refractivity contribution in [2.75, 3.05) is 19.4 Å². The highest BCUT2D eigenvalue weighted by Gasteiger charge is 2.26. The summed E-state index contributed by atoms with van der Waals surface area (Å²) in [6.45, 7) is 0.433. The number of carbonyl (C=O) groups is 1. The summed E-state index contributed by atoms with van der Waals surface area (Å²) in [4.78, 5) is 47.7. The van der Waals surface area contributed by atoms with Crippen LogP contribution in [0.5, 0.6) is 0 Å². The van der Waals surface area contributed by atoms with Crippen molar-refractivity contribution in [2.45, 2.75) is 19.6 Å². The Morgan fingerprint density at radius 2 is 1.57 bits per heavy atom. The van der Waals surface area contributed by atoms with E-state index in [2.05, 4.69) is 20.5 Å². The lowest BCUT2D eigenvalue weighted by molar-refractivity contribution is 0.254. The van der Waals surface area contributed by atoms with E-state index in [0.717, 1.165) is 27.8 Å². The van der Waals surface area contributed by atoms with Crippen LogP contribution in [0.4, 0.5) is 19.3 Å². The zero-order valence-corrected chi connectivity index (χ0v) is 26.4. The third kappa shape index (κ3) is 6.46. The second-order valence-electron chi connectivity index (χ2n) is 10.9. The second-order valence-corrected chi connectivity index (χ2v) is 11.9. The summed E-state index contributed by atoms with van der Waals surface area (Å²) >= 11 is 1.20. The first-order valence-corrected chi connectivity index (χ1v) is 15.5. The molecule has 0 aliphatic heterocycles. The van der Waals surface area contributed by atoms with Crippen LogP contribution in [0.3, 0.4) is 0 Å². The smallest absolute Gasteiger partial charge is 0.338 e.